The minimum absolute atomic E-state index is 0.708. The van der Waals surface area contributed by atoms with Crippen molar-refractivity contribution in [2.75, 3.05) is 0 Å². The van der Waals surface area contributed by atoms with Gasteiger partial charge in [-0.25, -0.2) is 0 Å². The molecule has 0 aliphatic heterocycles. The van der Waals surface area contributed by atoms with Crippen molar-refractivity contribution in [1.29, 1.82) is 0 Å². The van der Waals surface area contributed by atoms with Gasteiger partial charge in [0.05, 0.1) is 0 Å². The normalized spacial score (nSPS) is 8.00. The van der Waals surface area contributed by atoms with Crippen LogP contribution in [-0.2, 0) is 0 Å². The molecule has 48 valence electrons. The number of carbonyl (C=O) groups is 2. The number of rotatable bonds is 4. The molecule has 0 bridgehead atoms. The Morgan fingerprint density at radius 3 is 2.60 bits per heavy atom. The van der Waals surface area contributed by atoms with Gasteiger partial charge in [0.2, 0.25) is 20.9 Å². The second-order valence-electron chi connectivity index (χ2n) is 1.23. The highest BCUT2D eigenvalue weighted by atomic mass is 32.2. The molecule has 4 radical (unpaired) electrons. The van der Waals surface area contributed by atoms with Gasteiger partial charge < -0.3 is 9.83 Å². The average Bonchev–Trinajstić information content (AvgIpc) is 1.79. The molecule has 1 amide bonds. The van der Waals surface area contributed by atoms with Gasteiger partial charge in [-0.1, -0.05) is 0 Å². The lowest BCUT2D eigenvalue weighted by Crippen LogP contribution is -2.19. The highest BCUT2D eigenvalue weighted by Gasteiger charge is 2.01. The van der Waals surface area contributed by atoms with E-state index in [-0.39, 0.29) is 0 Å². The molecule has 4 nitrogen and oxygen atoms in total. The maximum atomic E-state index is 9.95. The Morgan fingerprint density at radius 2 is 2.20 bits per heavy atom. The summed E-state index contributed by atoms with van der Waals surface area (Å²) in [6, 6.07) is 0. The van der Waals surface area contributed by atoms with Crippen LogP contribution in [0.3, 0.4) is 0 Å². The number of carboxylic acid groups (broad SMARTS) is 1. The van der Waals surface area contributed by atoms with Crippen molar-refractivity contribution in [1.82, 2.24) is 4.72 Å². The third-order valence-corrected chi connectivity index (χ3v) is 1.03. The average molecular weight is 153 g/mol. The lowest BCUT2D eigenvalue weighted by atomic mass is 9.55. The molecule has 10 heavy (non-hydrogen) atoms. The quantitative estimate of drug-likeness (QED) is 0.322. The number of carbonyl (C=O) groups excluding carboxylic acids is 1. The smallest absolute Gasteiger partial charge is 0.233 e. The van der Waals surface area contributed by atoms with E-state index in [1.807, 2.05) is 0 Å². The predicted molar refractivity (Wildman–Crippen MR) is 41.4 cm³/mol. The molecule has 2 N–H and O–H groups in total. The van der Waals surface area contributed by atoms with Crippen molar-refractivity contribution < 1.29 is 14.7 Å². The standard InChI is InChI=1S/C2H2B3NO3S/c3-1(7)6-10-5-4-2(8)9/h(H,6,7)(H,8,9). The molecule has 0 atom stereocenters. The Balaban J connectivity index is 3.06. The Morgan fingerprint density at radius 1 is 1.60 bits per heavy atom. The minimum atomic E-state index is -1.07. The van der Waals surface area contributed by atoms with Crippen molar-refractivity contribution >= 4 is 44.9 Å². The topological polar surface area (TPSA) is 66.4 Å². The van der Waals surface area contributed by atoms with Crippen molar-refractivity contribution in [3.63, 3.8) is 0 Å². The van der Waals surface area contributed by atoms with E-state index in [9.17, 15) is 9.59 Å². The monoisotopic (exact) mass is 153 g/mol. The van der Waals surface area contributed by atoms with E-state index in [0.29, 0.717) is 0 Å². The minimum Gasteiger partial charge on any atom is -0.490 e. The zero-order chi connectivity index (χ0) is 7.98. The van der Waals surface area contributed by atoms with Gasteiger partial charge in [0, 0.05) is 0 Å². The van der Waals surface area contributed by atoms with Gasteiger partial charge in [-0.2, -0.15) is 0 Å². The van der Waals surface area contributed by atoms with Gasteiger partial charge >= 0.3 is 0 Å². The predicted octanol–water partition coefficient (Wildman–Crippen LogP) is -0.571. The number of amides is 1. The first-order chi connectivity index (χ1) is 4.63. The van der Waals surface area contributed by atoms with Crippen molar-refractivity contribution in [3.05, 3.63) is 0 Å². The molecule has 0 aromatic heterocycles. The first-order valence-electron chi connectivity index (χ1n) is 2.23. The number of hydrogen-bond acceptors (Lipinski definition) is 3. The molecule has 8 heteroatoms. The number of hydrogen-bond donors (Lipinski definition) is 2. The Labute approximate surface area is 65.0 Å². The molecule has 0 unspecified atom stereocenters. The van der Waals surface area contributed by atoms with Crippen molar-refractivity contribution in [2.45, 2.75) is 0 Å². The van der Waals surface area contributed by atoms with E-state index in [2.05, 4.69) is 12.6 Å². The fraction of sp³-hybridized carbons (Fsp3) is 0. The van der Waals surface area contributed by atoms with E-state index in [1.54, 1.807) is 0 Å². The first-order valence-corrected chi connectivity index (χ1v) is 3.11. The summed E-state index contributed by atoms with van der Waals surface area (Å²) < 4.78 is 2.11. The molecule has 0 aliphatic carbocycles. The van der Waals surface area contributed by atoms with Crippen LogP contribution in [-0.4, -0.2) is 38.2 Å². The summed E-state index contributed by atoms with van der Waals surface area (Å²) in [5, 5.41) is 8.03. The van der Waals surface area contributed by atoms with Gasteiger partial charge in [0.15, 0.2) is 12.3 Å². The summed E-state index contributed by atoms with van der Waals surface area (Å²) in [6.07, 6.45) is 1.20. The van der Waals surface area contributed by atoms with Crippen LogP contribution >= 0.6 is 11.8 Å². The maximum Gasteiger partial charge on any atom is 0.233 e. The van der Waals surface area contributed by atoms with Gasteiger partial charge in [0.1, 0.15) is 0 Å². The fourth-order valence-corrected chi connectivity index (χ4v) is 0.553. The lowest BCUT2D eigenvalue weighted by Gasteiger charge is -1.95. The SMILES string of the molecule is [B]C(=O)NS[B][B]C(=O)O. The van der Waals surface area contributed by atoms with Crippen LogP contribution in [0.15, 0.2) is 0 Å². The molecular weight excluding hydrogens is 151 g/mol. The van der Waals surface area contributed by atoms with Crippen LogP contribution < -0.4 is 4.72 Å². The van der Waals surface area contributed by atoms with Crippen LogP contribution in [0.2, 0.25) is 0 Å². The molecule has 0 aromatic carbocycles. The largest absolute Gasteiger partial charge is 0.490 e. The zero-order valence-electron chi connectivity index (χ0n) is 4.90. The Hall–Kier alpha value is -0.515. The van der Waals surface area contributed by atoms with E-state index in [0.717, 1.165) is 19.0 Å². The van der Waals surface area contributed by atoms with Crippen LogP contribution in [0, 0.1) is 0 Å². The van der Waals surface area contributed by atoms with Gasteiger partial charge in [0.25, 0.3) is 0 Å². The molecule has 0 heterocycles. The second-order valence-corrected chi connectivity index (χ2v) is 1.94. The van der Waals surface area contributed by atoms with Crippen molar-refractivity contribution in [3.8, 4) is 0 Å². The van der Waals surface area contributed by atoms with Gasteiger partial charge in [-0.15, -0.1) is 11.8 Å². The summed E-state index contributed by atoms with van der Waals surface area (Å²) in [6.45, 7) is 0. The maximum absolute atomic E-state index is 9.95. The Bertz CT molecular complexity index is 126. The first kappa shape index (κ1) is 9.48. The lowest BCUT2D eigenvalue weighted by molar-refractivity contribution is 0.220. The van der Waals surface area contributed by atoms with Crippen molar-refractivity contribution in [2.24, 2.45) is 0 Å². The van der Waals surface area contributed by atoms with Gasteiger partial charge in [-0.3, -0.25) is 9.59 Å². The molecular formula is C2H2B3NO3S. The molecule has 0 aliphatic rings. The third-order valence-electron chi connectivity index (χ3n) is 0.438. The third kappa shape index (κ3) is 7.48. The summed E-state index contributed by atoms with van der Waals surface area (Å²) >= 11 is 0.804. The van der Waals surface area contributed by atoms with E-state index < -0.39 is 11.7 Å². The molecule has 0 saturated heterocycles. The zero-order valence-corrected chi connectivity index (χ0v) is 5.72. The second kappa shape index (κ2) is 5.28. The molecule has 0 rings (SSSR count). The van der Waals surface area contributed by atoms with Crippen LogP contribution in [0.5, 0.6) is 0 Å². The molecule has 0 aromatic rings. The van der Waals surface area contributed by atoms with E-state index in [4.69, 9.17) is 5.11 Å². The summed E-state index contributed by atoms with van der Waals surface area (Å²) in [7, 11) is 5.55. The Kier molecular flexibility index (Phi) is 5.01. The summed E-state index contributed by atoms with van der Waals surface area (Å²) in [5.74, 6) is -1.78. The van der Waals surface area contributed by atoms with Crippen LogP contribution in [0.4, 0.5) is 9.59 Å². The highest BCUT2D eigenvalue weighted by molar-refractivity contribution is 8.26. The molecule has 0 saturated carbocycles. The van der Waals surface area contributed by atoms with Gasteiger partial charge in [-0.05, 0) is 0 Å². The van der Waals surface area contributed by atoms with Crippen LogP contribution in [0.1, 0.15) is 0 Å². The fourth-order valence-electron chi connectivity index (χ4n) is 0.184. The van der Waals surface area contributed by atoms with E-state index in [1.165, 1.54) is 6.45 Å². The molecule has 0 fully saturated rings. The molecule has 0 spiro atoms. The summed E-state index contributed by atoms with van der Waals surface area (Å²) in [5.41, 5.74) is 0. The summed E-state index contributed by atoms with van der Waals surface area (Å²) in [4.78, 5) is 19.8. The van der Waals surface area contributed by atoms with E-state index >= 15 is 0 Å². The number of nitrogens with one attached hydrogen (secondary N) is 1. The van der Waals surface area contributed by atoms with Crippen LogP contribution in [0.25, 0.3) is 0 Å². The highest BCUT2D eigenvalue weighted by Crippen LogP contribution is 1.86.